The van der Waals surface area contributed by atoms with E-state index in [1.165, 1.54) is 10.6 Å². The quantitative estimate of drug-likeness (QED) is 0.475. The van der Waals surface area contributed by atoms with E-state index >= 15 is 0 Å². The van der Waals surface area contributed by atoms with Gasteiger partial charge in [-0.15, -0.1) is 0 Å². The Morgan fingerprint density at radius 2 is 1.71 bits per heavy atom. The van der Waals surface area contributed by atoms with E-state index in [1.807, 2.05) is 0 Å². The summed E-state index contributed by atoms with van der Waals surface area (Å²) >= 11 is 0. The summed E-state index contributed by atoms with van der Waals surface area (Å²) in [6.07, 6.45) is 2.30. The smallest absolute Gasteiger partial charge is 0.267 e. The van der Waals surface area contributed by atoms with Crippen LogP contribution in [0.5, 0.6) is 11.5 Å². The summed E-state index contributed by atoms with van der Waals surface area (Å²) in [5.41, 5.74) is -0.0565. The van der Waals surface area contributed by atoms with Crippen molar-refractivity contribution < 1.29 is 23.9 Å². The van der Waals surface area contributed by atoms with Crippen molar-refractivity contribution in [2.24, 2.45) is 5.92 Å². The molecule has 1 saturated carbocycles. The van der Waals surface area contributed by atoms with Crippen molar-refractivity contribution >= 4 is 28.4 Å². The second-order valence-corrected chi connectivity index (χ2v) is 7.53. The van der Waals surface area contributed by atoms with Gasteiger partial charge in [-0.1, -0.05) is 0 Å². The van der Waals surface area contributed by atoms with Crippen LogP contribution in [0.3, 0.4) is 0 Å². The topological polar surface area (TPSA) is 105 Å². The molecule has 1 fully saturated rings. The number of fused-ring (bicyclic) bond motifs is 2. The van der Waals surface area contributed by atoms with E-state index in [0.717, 1.165) is 0 Å². The zero-order chi connectivity index (χ0) is 21.5. The lowest BCUT2D eigenvalue weighted by Crippen LogP contribution is -2.38. The van der Waals surface area contributed by atoms with Gasteiger partial charge >= 0.3 is 0 Å². The highest BCUT2D eigenvalue weighted by molar-refractivity contribution is 6.25. The number of ether oxygens (including phenoxy) is 2. The van der Waals surface area contributed by atoms with Gasteiger partial charge in [0.2, 0.25) is 0 Å². The SMILES string of the molecule is O=C1CCCC(=O)C1C(=O)c1cc2cccnc2n(-c2ccc3c(c2)OCCO3)c1=O. The molecule has 0 N–H and O–H groups in total. The molecule has 2 aromatic heterocycles. The van der Waals surface area contributed by atoms with E-state index in [1.54, 1.807) is 36.5 Å². The monoisotopic (exact) mass is 418 g/mol. The molecular formula is C23H18N2O6. The normalized spacial score (nSPS) is 16.5. The number of aromatic nitrogens is 2. The Kier molecular flexibility index (Phi) is 4.62. The number of pyridine rings is 2. The van der Waals surface area contributed by atoms with E-state index in [9.17, 15) is 19.2 Å². The second-order valence-electron chi connectivity index (χ2n) is 7.53. The van der Waals surface area contributed by atoms with Crippen LogP contribution in [0.25, 0.3) is 16.7 Å². The minimum Gasteiger partial charge on any atom is -0.486 e. The highest BCUT2D eigenvalue weighted by Crippen LogP contribution is 2.32. The molecule has 0 atom stereocenters. The number of carbonyl (C=O) groups is 3. The molecule has 0 radical (unpaired) electrons. The molecule has 1 aliphatic carbocycles. The molecule has 3 heterocycles. The Bertz CT molecular complexity index is 1290. The fourth-order valence-corrected chi connectivity index (χ4v) is 4.08. The summed E-state index contributed by atoms with van der Waals surface area (Å²) in [6.45, 7) is 0.818. The standard InChI is InChI=1S/C23H18N2O6/c26-16-4-1-5-17(27)20(16)21(28)15-11-13-3-2-8-24-22(13)25(23(15)29)14-6-7-18-19(12-14)31-10-9-30-18/h2-3,6-8,11-12,20H,1,4-5,9-10H2. The predicted molar refractivity (Wildman–Crippen MR) is 110 cm³/mol. The molecule has 5 rings (SSSR count). The summed E-state index contributed by atoms with van der Waals surface area (Å²) in [6, 6.07) is 9.83. The van der Waals surface area contributed by atoms with E-state index < -0.39 is 28.8 Å². The third kappa shape index (κ3) is 3.20. The first-order chi connectivity index (χ1) is 15.0. The maximum Gasteiger partial charge on any atom is 0.267 e. The van der Waals surface area contributed by atoms with E-state index in [0.29, 0.717) is 47.9 Å². The average molecular weight is 418 g/mol. The minimum atomic E-state index is -1.41. The Morgan fingerprint density at radius 3 is 2.48 bits per heavy atom. The zero-order valence-corrected chi connectivity index (χ0v) is 16.5. The average Bonchev–Trinajstić information content (AvgIpc) is 2.78. The van der Waals surface area contributed by atoms with Crippen LogP contribution in [0, 0.1) is 5.92 Å². The molecule has 156 valence electrons. The van der Waals surface area contributed by atoms with Crippen molar-refractivity contribution in [1.29, 1.82) is 0 Å². The summed E-state index contributed by atoms with van der Waals surface area (Å²) < 4.78 is 12.5. The van der Waals surface area contributed by atoms with Crippen LogP contribution in [0.2, 0.25) is 0 Å². The van der Waals surface area contributed by atoms with Crippen molar-refractivity contribution in [3.05, 3.63) is 58.5 Å². The fraction of sp³-hybridized carbons (Fsp3) is 0.261. The number of benzene rings is 1. The lowest BCUT2D eigenvalue weighted by molar-refractivity contribution is -0.133. The van der Waals surface area contributed by atoms with Crippen LogP contribution < -0.4 is 15.0 Å². The molecule has 31 heavy (non-hydrogen) atoms. The molecule has 3 aromatic rings. The van der Waals surface area contributed by atoms with Gasteiger partial charge in [-0.2, -0.15) is 0 Å². The highest BCUT2D eigenvalue weighted by Gasteiger charge is 2.38. The first kappa shape index (κ1) is 19.2. The molecule has 8 heteroatoms. The summed E-state index contributed by atoms with van der Waals surface area (Å²) in [7, 11) is 0. The van der Waals surface area contributed by atoms with E-state index in [-0.39, 0.29) is 18.4 Å². The third-order valence-corrected chi connectivity index (χ3v) is 5.56. The largest absolute Gasteiger partial charge is 0.486 e. The molecule has 0 unspecified atom stereocenters. The van der Waals surface area contributed by atoms with Gasteiger partial charge in [0.05, 0.1) is 11.3 Å². The molecule has 0 spiro atoms. The molecule has 2 aliphatic rings. The maximum absolute atomic E-state index is 13.5. The van der Waals surface area contributed by atoms with Crippen molar-refractivity contribution in [2.75, 3.05) is 13.2 Å². The van der Waals surface area contributed by atoms with Gasteiger partial charge in [0.15, 0.2) is 28.8 Å². The van der Waals surface area contributed by atoms with Gasteiger partial charge < -0.3 is 9.47 Å². The molecule has 0 amide bonds. The lowest BCUT2D eigenvalue weighted by Gasteiger charge is -2.21. The number of ketones is 3. The number of carbonyl (C=O) groups excluding carboxylic acids is 3. The van der Waals surface area contributed by atoms with Gasteiger partial charge in [-0.25, -0.2) is 4.98 Å². The summed E-state index contributed by atoms with van der Waals surface area (Å²) in [4.78, 5) is 55.6. The molecule has 8 nitrogen and oxygen atoms in total. The third-order valence-electron chi connectivity index (χ3n) is 5.56. The molecule has 0 bridgehead atoms. The Labute approximate surface area is 176 Å². The number of rotatable bonds is 3. The second kappa shape index (κ2) is 7.46. The Balaban J connectivity index is 1.71. The van der Waals surface area contributed by atoms with Gasteiger partial charge in [-0.05, 0) is 36.8 Å². The Morgan fingerprint density at radius 1 is 0.968 bits per heavy atom. The van der Waals surface area contributed by atoms with Gasteiger partial charge in [-0.3, -0.25) is 23.7 Å². The van der Waals surface area contributed by atoms with Crippen molar-refractivity contribution in [3.63, 3.8) is 0 Å². The van der Waals surface area contributed by atoms with Crippen LogP contribution in [0.4, 0.5) is 0 Å². The number of hydrogen-bond acceptors (Lipinski definition) is 7. The van der Waals surface area contributed by atoms with E-state index in [4.69, 9.17) is 9.47 Å². The molecule has 1 aromatic carbocycles. The van der Waals surface area contributed by atoms with Crippen LogP contribution in [0.1, 0.15) is 29.6 Å². The van der Waals surface area contributed by atoms with Crippen LogP contribution in [-0.2, 0) is 9.59 Å². The van der Waals surface area contributed by atoms with E-state index in [2.05, 4.69) is 4.98 Å². The minimum absolute atomic E-state index is 0.160. The van der Waals surface area contributed by atoms with Crippen LogP contribution in [0.15, 0.2) is 47.4 Å². The van der Waals surface area contributed by atoms with Crippen molar-refractivity contribution in [3.8, 4) is 17.2 Å². The van der Waals surface area contributed by atoms with Crippen molar-refractivity contribution in [1.82, 2.24) is 9.55 Å². The first-order valence-corrected chi connectivity index (χ1v) is 10.0. The molecular weight excluding hydrogens is 400 g/mol. The zero-order valence-electron chi connectivity index (χ0n) is 16.5. The van der Waals surface area contributed by atoms with Crippen LogP contribution >= 0.6 is 0 Å². The number of hydrogen-bond donors (Lipinski definition) is 0. The highest BCUT2D eigenvalue weighted by atomic mass is 16.6. The Hall–Kier alpha value is -3.81. The first-order valence-electron chi connectivity index (χ1n) is 10.0. The maximum atomic E-state index is 13.5. The number of Topliss-reactive ketones (excluding diaryl/α,β-unsaturated/α-hetero) is 3. The van der Waals surface area contributed by atoms with Gasteiger partial charge in [0, 0.05) is 30.5 Å². The predicted octanol–water partition coefficient (Wildman–Crippen LogP) is 2.28. The number of nitrogens with zero attached hydrogens (tertiary/aromatic N) is 2. The molecule has 1 aliphatic heterocycles. The van der Waals surface area contributed by atoms with Gasteiger partial charge in [0.25, 0.3) is 5.56 Å². The van der Waals surface area contributed by atoms with Gasteiger partial charge in [0.1, 0.15) is 24.8 Å². The summed E-state index contributed by atoms with van der Waals surface area (Å²) in [5, 5.41) is 0.538. The molecule has 0 saturated heterocycles. The van der Waals surface area contributed by atoms with Crippen LogP contribution in [-0.4, -0.2) is 40.1 Å². The fourth-order valence-electron chi connectivity index (χ4n) is 4.08. The lowest BCUT2D eigenvalue weighted by atomic mass is 9.82. The van der Waals surface area contributed by atoms with Crippen molar-refractivity contribution in [2.45, 2.75) is 19.3 Å². The summed E-state index contributed by atoms with van der Waals surface area (Å²) in [5.74, 6) is -1.99.